The molecule has 2 aliphatic rings. The second-order valence-corrected chi connectivity index (χ2v) is 5.83. The van der Waals surface area contributed by atoms with Gasteiger partial charge in [-0.2, -0.15) is 0 Å². The first-order chi connectivity index (χ1) is 9.28. The quantitative estimate of drug-likeness (QED) is 0.871. The zero-order valence-electron chi connectivity index (χ0n) is 11.5. The van der Waals surface area contributed by atoms with Crippen LogP contribution in [0, 0.1) is 11.8 Å². The van der Waals surface area contributed by atoms with Crippen molar-refractivity contribution in [1.82, 2.24) is 4.98 Å². The van der Waals surface area contributed by atoms with Crippen LogP contribution in [-0.2, 0) is 0 Å². The summed E-state index contributed by atoms with van der Waals surface area (Å²) in [5, 5.41) is 13.4. The number of aromatic nitrogens is 1. The molecule has 3 atom stereocenters. The molecule has 3 unspecified atom stereocenters. The maximum atomic E-state index is 9.98. The van der Waals surface area contributed by atoms with Crippen molar-refractivity contribution < 1.29 is 5.11 Å². The molecule has 1 saturated heterocycles. The van der Waals surface area contributed by atoms with Gasteiger partial charge in [-0.25, -0.2) is 0 Å². The first kappa shape index (κ1) is 12.7. The van der Waals surface area contributed by atoms with E-state index in [2.05, 4.69) is 28.2 Å². The Labute approximate surface area is 114 Å². The van der Waals surface area contributed by atoms with E-state index in [1.54, 1.807) is 0 Å². The van der Waals surface area contributed by atoms with Crippen LogP contribution in [0.3, 0.4) is 0 Å². The SMILES string of the molecule is CCCNc1cncc(N2CC3CCC(O)C3C2)c1. The smallest absolute Gasteiger partial charge is 0.0588 e. The number of hydrogen-bond acceptors (Lipinski definition) is 4. The summed E-state index contributed by atoms with van der Waals surface area (Å²) < 4.78 is 0. The Bertz CT molecular complexity index is 437. The van der Waals surface area contributed by atoms with E-state index in [0.29, 0.717) is 11.8 Å². The number of nitrogens with zero attached hydrogens (tertiary/aromatic N) is 2. The van der Waals surface area contributed by atoms with Crippen LogP contribution in [0.1, 0.15) is 26.2 Å². The highest BCUT2D eigenvalue weighted by Gasteiger charge is 2.41. The molecule has 1 aromatic rings. The van der Waals surface area contributed by atoms with Crippen molar-refractivity contribution in [2.45, 2.75) is 32.3 Å². The van der Waals surface area contributed by atoms with Crippen LogP contribution >= 0.6 is 0 Å². The fourth-order valence-corrected chi connectivity index (χ4v) is 3.41. The van der Waals surface area contributed by atoms with Gasteiger partial charge in [0.2, 0.25) is 0 Å². The van der Waals surface area contributed by atoms with Gasteiger partial charge in [-0.1, -0.05) is 6.92 Å². The Morgan fingerprint density at radius 2 is 2.26 bits per heavy atom. The van der Waals surface area contributed by atoms with E-state index in [0.717, 1.165) is 38.2 Å². The molecule has 0 radical (unpaired) electrons. The molecule has 19 heavy (non-hydrogen) atoms. The van der Waals surface area contributed by atoms with Gasteiger partial charge in [-0.3, -0.25) is 4.98 Å². The van der Waals surface area contributed by atoms with Crippen LogP contribution < -0.4 is 10.2 Å². The second-order valence-electron chi connectivity index (χ2n) is 5.83. The Morgan fingerprint density at radius 1 is 1.37 bits per heavy atom. The third-order valence-corrected chi connectivity index (χ3v) is 4.49. The Kier molecular flexibility index (Phi) is 3.60. The lowest BCUT2D eigenvalue weighted by molar-refractivity contribution is 0.133. The lowest BCUT2D eigenvalue weighted by atomic mass is 10.00. The first-order valence-electron chi connectivity index (χ1n) is 7.40. The van der Waals surface area contributed by atoms with E-state index >= 15 is 0 Å². The van der Waals surface area contributed by atoms with Gasteiger partial charge >= 0.3 is 0 Å². The summed E-state index contributed by atoms with van der Waals surface area (Å²) in [6, 6.07) is 2.18. The Morgan fingerprint density at radius 3 is 3.05 bits per heavy atom. The van der Waals surface area contributed by atoms with Gasteiger partial charge in [0.15, 0.2) is 0 Å². The molecule has 4 heteroatoms. The molecule has 0 amide bonds. The van der Waals surface area contributed by atoms with Crippen molar-refractivity contribution in [3.63, 3.8) is 0 Å². The highest BCUT2D eigenvalue weighted by atomic mass is 16.3. The average Bonchev–Trinajstić information content (AvgIpc) is 3.00. The Hall–Kier alpha value is -1.29. The minimum absolute atomic E-state index is 0.0932. The van der Waals surface area contributed by atoms with Crippen LogP contribution in [0.2, 0.25) is 0 Å². The van der Waals surface area contributed by atoms with Crippen molar-refractivity contribution in [2.75, 3.05) is 29.9 Å². The lowest BCUT2D eigenvalue weighted by Gasteiger charge is -2.21. The molecule has 2 fully saturated rings. The van der Waals surface area contributed by atoms with Gasteiger partial charge in [0, 0.05) is 25.6 Å². The zero-order valence-corrected chi connectivity index (χ0v) is 11.5. The largest absolute Gasteiger partial charge is 0.393 e. The maximum Gasteiger partial charge on any atom is 0.0588 e. The van der Waals surface area contributed by atoms with Crippen molar-refractivity contribution in [1.29, 1.82) is 0 Å². The molecule has 0 spiro atoms. The van der Waals surface area contributed by atoms with Crippen molar-refractivity contribution in [3.05, 3.63) is 18.5 Å². The molecule has 1 aromatic heterocycles. The summed E-state index contributed by atoms with van der Waals surface area (Å²) in [5.41, 5.74) is 2.28. The van der Waals surface area contributed by atoms with Crippen LogP contribution in [0.25, 0.3) is 0 Å². The number of anilines is 2. The number of aliphatic hydroxyl groups is 1. The number of aliphatic hydroxyl groups excluding tert-OH is 1. The predicted octanol–water partition coefficient (Wildman–Crippen LogP) is 2.11. The predicted molar refractivity (Wildman–Crippen MR) is 77.5 cm³/mol. The molecular weight excluding hydrogens is 238 g/mol. The number of nitrogens with one attached hydrogen (secondary N) is 1. The average molecular weight is 261 g/mol. The molecule has 1 aliphatic heterocycles. The van der Waals surface area contributed by atoms with Crippen LogP contribution in [0.5, 0.6) is 0 Å². The molecule has 1 saturated carbocycles. The zero-order chi connectivity index (χ0) is 13.2. The summed E-state index contributed by atoms with van der Waals surface area (Å²) in [7, 11) is 0. The highest BCUT2D eigenvalue weighted by molar-refractivity contribution is 5.56. The Balaban J connectivity index is 1.69. The molecule has 3 rings (SSSR count). The van der Waals surface area contributed by atoms with E-state index in [1.165, 1.54) is 12.1 Å². The fraction of sp³-hybridized carbons (Fsp3) is 0.667. The minimum atomic E-state index is -0.0932. The standard InChI is InChI=1S/C15H23N3O/c1-2-5-17-12-6-13(8-16-7-12)18-9-11-3-4-15(19)14(11)10-18/h6-8,11,14-15,17,19H,2-5,9-10H2,1H3. The summed E-state index contributed by atoms with van der Waals surface area (Å²) in [6.45, 7) is 5.19. The van der Waals surface area contributed by atoms with Gasteiger partial charge in [-0.15, -0.1) is 0 Å². The minimum Gasteiger partial charge on any atom is -0.393 e. The molecular formula is C15H23N3O. The lowest BCUT2D eigenvalue weighted by Crippen LogP contribution is -2.24. The number of pyridine rings is 1. The molecule has 1 aliphatic carbocycles. The molecule has 2 N–H and O–H groups in total. The molecule has 0 aromatic carbocycles. The summed E-state index contributed by atoms with van der Waals surface area (Å²) in [6.07, 6.45) is 6.99. The van der Waals surface area contributed by atoms with Gasteiger partial charge in [0.1, 0.15) is 0 Å². The summed E-state index contributed by atoms with van der Waals surface area (Å²) in [5.74, 6) is 1.13. The molecule has 2 heterocycles. The van der Waals surface area contributed by atoms with Crippen molar-refractivity contribution >= 4 is 11.4 Å². The second kappa shape index (κ2) is 5.37. The van der Waals surface area contributed by atoms with E-state index in [-0.39, 0.29) is 6.10 Å². The highest BCUT2D eigenvalue weighted by Crippen LogP contribution is 2.39. The van der Waals surface area contributed by atoms with Crippen LogP contribution in [0.15, 0.2) is 18.5 Å². The van der Waals surface area contributed by atoms with E-state index in [9.17, 15) is 5.11 Å². The van der Waals surface area contributed by atoms with E-state index < -0.39 is 0 Å². The maximum absolute atomic E-state index is 9.98. The van der Waals surface area contributed by atoms with Gasteiger partial charge in [0.25, 0.3) is 0 Å². The van der Waals surface area contributed by atoms with Gasteiger partial charge < -0.3 is 15.3 Å². The topological polar surface area (TPSA) is 48.4 Å². The van der Waals surface area contributed by atoms with E-state index in [1.807, 2.05) is 12.4 Å². The summed E-state index contributed by atoms with van der Waals surface area (Å²) >= 11 is 0. The van der Waals surface area contributed by atoms with Crippen LogP contribution in [-0.4, -0.2) is 35.8 Å². The van der Waals surface area contributed by atoms with Crippen molar-refractivity contribution in [2.24, 2.45) is 11.8 Å². The van der Waals surface area contributed by atoms with Crippen LogP contribution in [0.4, 0.5) is 11.4 Å². The number of rotatable bonds is 4. The van der Waals surface area contributed by atoms with Gasteiger partial charge in [-0.05, 0) is 31.2 Å². The monoisotopic (exact) mass is 261 g/mol. The number of hydrogen-bond donors (Lipinski definition) is 2. The van der Waals surface area contributed by atoms with Crippen molar-refractivity contribution in [3.8, 4) is 0 Å². The van der Waals surface area contributed by atoms with E-state index in [4.69, 9.17) is 0 Å². The number of fused-ring (bicyclic) bond motifs is 1. The van der Waals surface area contributed by atoms with Gasteiger partial charge in [0.05, 0.1) is 29.9 Å². The fourth-order valence-electron chi connectivity index (χ4n) is 3.41. The summed E-state index contributed by atoms with van der Waals surface area (Å²) in [4.78, 5) is 6.71. The normalized spacial score (nSPS) is 29.6. The molecule has 104 valence electrons. The molecule has 4 nitrogen and oxygen atoms in total. The third kappa shape index (κ3) is 2.54. The third-order valence-electron chi connectivity index (χ3n) is 4.49. The molecule has 0 bridgehead atoms. The first-order valence-corrected chi connectivity index (χ1v) is 7.40.